The Balaban J connectivity index is 1.91. The van der Waals surface area contributed by atoms with Gasteiger partial charge in [-0.3, -0.25) is 10.1 Å². The summed E-state index contributed by atoms with van der Waals surface area (Å²) in [5.74, 6) is -0.389. The number of halogens is 3. The van der Waals surface area contributed by atoms with Crippen molar-refractivity contribution in [1.29, 1.82) is 0 Å². The lowest BCUT2D eigenvalue weighted by molar-refractivity contribution is -0.384. The van der Waals surface area contributed by atoms with Gasteiger partial charge in [0.2, 0.25) is 0 Å². The Morgan fingerprint density at radius 3 is 2.46 bits per heavy atom. The molecule has 0 aliphatic heterocycles. The van der Waals surface area contributed by atoms with Gasteiger partial charge >= 0.3 is 5.97 Å². The summed E-state index contributed by atoms with van der Waals surface area (Å²) in [7, 11) is 0. The van der Waals surface area contributed by atoms with Crippen LogP contribution in [0.3, 0.4) is 0 Å². The van der Waals surface area contributed by atoms with Gasteiger partial charge in [-0.2, -0.15) is 0 Å². The molecule has 0 bridgehead atoms. The zero-order valence-electron chi connectivity index (χ0n) is 12.0. The average Bonchev–Trinajstić information content (AvgIpc) is 2.53. The third kappa shape index (κ3) is 4.74. The number of ether oxygens (including phenoxy) is 2. The number of nitro benzene ring substituents is 1. The SMILES string of the molecule is O=C(OCCOc1ccc(Cl)cc1Cl)c1cc([N+](=O)[O-])ccc1Cl. The molecule has 2 rings (SSSR count). The average molecular weight is 391 g/mol. The molecule has 24 heavy (non-hydrogen) atoms. The maximum atomic E-state index is 11.9. The third-order valence-electron chi connectivity index (χ3n) is 2.85. The fourth-order valence-corrected chi connectivity index (χ4v) is 2.40. The summed E-state index contributed by atoms with van der Waals surface area (Å²) < 4.78 is 10.4. The van der Waals surface area contributed by atoms with Gasteiger partial charge < -0.3 is 9.47 Å². The second kappa shape index (κ2) is 8.19. The highest BCUT2D eigenvalue weighted by molar-refractivity contribution is 6.35. The van der Waals surface area contributed by atoms with Gasteiger partial charge in [0.05, 0.1) is 20.5 Å². The van der Waals surface area contributed by atoms with Gasteiger partial charge in [-0.1, -0.05) is 34.8 Å². The number of carbonyl (C=O) groups excluding carboxylic acids is 1. The second-order valence-corrected chi connectivity index (χ2v) is 5.73. The summed E-state index contributed by atoms with van der Waals surface area (Å²) >= 11 is 17.6. The first kappa shape index (κ1) is 18.3. The number of benzene rings is 2. The normalized spacial score (nSPS) is 10.3. The first-order valence-corrected chi connectivity index (χ1v) is 7.71. The molecule has 0 fully saturated rings. The molecule has 0 atom stereocenters. The molecule has 0 aromatic heterocycles. The van der Waals surface area contributed by atoms with Crippen LogP contribution in [-0.2, 0) is 4.74 Å². The molecule has 9 heteroatoms. The van der Waals surface area contributed by atoms with E-state index in [1.807, 2.05) is 0 Å². The highest BCUT2D eigenvalue weighted by atomic mass is 35.5. The van der Waals surface area contributed by atoms with Crippen molar-refractivity contribution in [2.24, 2.45) is 0 Å². The maximum absolute atomic E-state index is 11.9. The van der Waals surface area contributed by atoms with Crippen LogP contribution in [0.5, 0.6) is 5.75 Å². The second-order valence-electron chi connectivity index (χ2n) is 4.48. The van der Waals surface area contributed by atoms with Crippen molar-refractivity contribution in [3.05, 3.63) is 67.1 Å². The minimum atomic E-state index is -0.783. The Hall–Kier alpha value is -2.02. The Morgan fingerprint density at radius 1 is 1.04 bits per heavy atom. The van der Waals surface area contributed by atoms with Crippen LogP contribution in [0.2, 0.25) is 15.1 Å². The molecule has 0 saturated heterocycles. The topological polar surface area (TPSA) is 78.7 Å². The number of non-ortho nitro benzene ring substituents is 1. The Kier molecular flexibility index (Phi) is 6.25. The number of rotatable bonds is 6. The van der Waals surface area contributed by atoms with E-state index in [-0.39, 0.29) is 29.5 Å². The van der Waals surface area contributed by atoms with E-state index >= 15 is 0 Å². The van der Waals surface area contributed by atoms with E-state index in [9.17, 15) is 14.9 Å². The Bertz CT molecular complexity index is 782. The fourth-order valence-electron chi connectivity index (χ4n) is 1.74. The summed E-state index contributed by atoms with van der Waals surface area (Å²) in [5.41, 5.74) is -0.342. The quantitative estimate of drug-likeness (QED) is 0.307. The van der Waals surface area contributed by atoms with Gasteiger partial charge in [-0.25, -0.2) is 4.79 Å². The minimum Gasteiger partial charge on any atom is -0.488 e. The molecule has 0 N–H and O–H groups in total. The Morgan fingerprint density at radius 2 is 1.79 bits per heavy atom. The van der Waals surface area contributed by atoms with Crippen LogP contribution in [-0.4, -0.2) is 24.1 Å². The van der Waals surface area contributed by atoms with Crippen LogP contribution in [0.25, 0.3) is 0 Å². The number of hydrogen-bond donors (Lipinski definition) is 0. The first-order chi connectivity index (χ1) is 11.4. The van der Waals surface area contributed by atoms with E-state index in [0.717, 1.165) is 6.07 Å². The third-order valence-corrected chi connectivity index (χ3v) is 3.71. The van der Waals surface area contributed by atoms with Gasteiger partial charge in [-0.05, 0) is 24.3 Å². The van der Waals surface area contributed by atoms with Crippen molar-refractivity contribution in [3.63, 3.8) is 0 Å². The molecular formula is C15H10Cl3NO5. The van der Waals surface area contributed by atoms with E-state index < -0.39 is 10.9 Å². The molecular weight excluding hydrogens is 381 g/mol. The van der Waals surface area contributed by atoms with Gasteiger partial charge in [0, 0.05) is 17.2 Å². The molecule has 0 saturated carbocycles. The summed E-state index contributed by atoms with van der Waals surface area (Å²) in [4.78, 5) is 22.0. The van der Waals surface area contributed by atoms with Crippen molar-refractivity contribution in [2.75, 3.05) is 13.2 Å². The number of hydrogen-bond acceptors (Lipinski definition) is 5. The maximum Gasteiger partial charge on any atom is 0.340 e. The highest BCUT2D eigenvalue weighted by Gasteiger charge is 2.17. The molecule has 0 unspecified atom stereocenters. The van der Waals surface area contributed by atoms with Crippen molar-refractivity contribution in [3.8, 4) is 5.75 Å². The van der Waals surface area contributed by atoms with E-state index in [1.165, 1.54) is 18.2 Å². The molecule has 0 radical (unpaired) electrons. The van der Waals surface area contributed by atoms with Crippen LogP contribution in [0, 0.1) is 10.1 Å². The fraction of sp³-hybridized carbons (Fsp3) is 0.133. The molecule has 0 spiro atoms. The van der Waals surface area contributed by atoms with Gasteiger partial charge in [0.1, 0.15) is 19.0 Å². The van der Waals surface area contributed by atoms with Crippen LogP contribution in [0.4, 0.5) is 5.69 Å². The molecule has 0 heterocycles. The summed E-state index contributed by atoms with van der Waals surface area (Å²) in [6.45, 7) is -0.0452. The number of esters is 1. The van der Waals surface area contributed by atoms with E-state index in [1.54, 1.807) is 12.1 Å². The minimum absolute atomic E-state index is 0.0413. The van der Waals surface area contributed by atoms with Gasteiger partial charge in [0.25, 0.3) is 5.69 Å². The largest absolute Gasteiger partial charge is 0.488 e. The summed E-state index contributed by atoms with van der Waals surface area (Å²) in [6, 6.07) is 8.24. The van der Waals surface area contributed by atoms with Crippen LogP contribution < -0.4 is 4.74 Å². The lowest BCUT2D eigenvalue weighted by atomic mass is 10.2. The number of carbonyl (C=O) groups is 1. The molecule has 2 aromatic rings. The molecule has 0 aliphatic rings. The van der Waals surface area contributed by atoms with Crippen LogP contribution in [0.1, 0.15) is 10.4 Å². The summed E-state index contributed by atoms with van der Waals surface area (Å²) in [5, 5.41) is 11.6. The van der Waals surface area contributed by atoms with Crippen LogP contribution >= 0.6 is 34.8 Å². The number of nitro groups is 1. The van der Waals surface area contributed by atoms with Crippen molar-refractivity contribution in [1.82, 2.24) is 0 Å². The molecule has 0 amide bonds. The van der Waals surface area contributed by atoms with Crippen LogP contribution in [0.15, 0.2) is 36.4 Å². The van der Waals surface area contributed by atoms with Crippen molar-refractivity contribution in [2.45, 2.75) is 0 Å². The van der Waals surface area contributed by atoms with Crippen molar-refractivity contribution < 1.29 is 19.2 Å². The smallest absolute Gasteiger partial charge is 0.340 e. The number of nitrogens with zero attached hydrogens (tertiary/aromatic N) is 1. The lowest BCUT2D eigenvalue weighted by Gasteiger charge is -2.09. The van der Waals surface area contributed by atoms with E-state index in [2.05, 4.69) is 0 Å². The standard InChI is InChI=1S/C15H10Cl3NO5/c16-9-1-4-14(13(18)7-9)23-5-6-24-15(20)11-8-10(19(21)22)2-3-12(11)17/h1-4,7-8H,5-6H2. The van der Waals surface area contributed by atoms with Crippen molar-refractivity contribution >= 4 is 46.5 Å². The monoisotopic (exact) mass is 389 g/mol. The summed E-state index contributed by atoms with van der Waals surface area (Å²) in [6.07, 6.45) is 0. The zero-order valence-corrected chi connectivity index (χ0v) is 14.3. The molecule has 126 valence electrons. The van der Waals surface area contributed by atoms with Gasteiger partial charge in [0.15, 0.2) is 0 Å². The molecule has 2 aromatic carbocycles. The first-order valence-electron chi connectivity index (χ1n) is 6.57. The van der Waals surface area contributed by atoms with E-state index in [4.69, 9.17) is 44.3 Å². The zero-order chi connectivity index (χ0) is 17.7. The predicted molar refractivity (Wildman–Crippen MR) is 90.3 cm³/mol. The Labute approximate surface area is 152 Å². The highest BCUT2D eigenvalue weighted by Crippen LogP contribution is 2.27. The predicted octanol–water partition coefficient (Wildman–Crippen LogP) is 4.79. The molecule has 6 nitrogen and oxygen atoms in total. The lowest BCUT2D eigenvalue weighted by Crippen LogP contribution is -2.13. The molecule has 0 aliphatic carbocycles. The van der Waals surface area contributed by atoms with E-state index in [0.29, 0.717) is 15.8 Å². The van der Waals surface area contributed by atoms with Gasteiger partial charge in [-0.15, -0.1) is 0 Å².